The van der Waals surface area contributed by atoms with Crippen LogP contribution in [0.1, 0.15) is 33.3 Å². The minimum Gasteiger partial charge on any atom is -0.383 e. The molecule has 0 bridgehead atoms. The van der Waals surface area contributed by atoms with E-state index in [1.807, 2.05) is 54.8 Å². The van der Waals surface area contributed by atoms with Gasteiger partial charge in [-0.1, -0.05) is 17.7 Å². The van der Waals surface area contributed by atoms with Gasteiger partial charge < -0.3 is 19.9 Å². The van der Waals surface area contributed by atoms with E-state index >= 15 is 0 Å². The van der Waals surface area contributed by atoms with E-state index in [9.17, 15) is 9.59 Å². The van der Waals surface area contributed by atoms with Gasteiger partial charge in [0.2, 0.25) is 0 Å². The predicted molar refractivity (Wildman–Crippen MR) is 111 cm³/mol. The number of benzene rings is 2. The van der Waals surface area contributed by atoms with Crippen molar-refractivity contribution in [2.24, 2.45) is 0 Å². The fourth-order valence-corrected chi connectivity index (χ4v) is 3.14. The van der Waals surface area contributed by atoms with Crippen LogP contribution in [0, 0.1) is 6.92 Å². The van der Waals surface area contributed by atoms with Gasteiger partial charge in [-0.3, -0.25) is 9.59 Å². The van der Waals surface area contributed by atoms with Gasteiger partial charge in [0.1, 0.15) is 5.69 Å². The van der Waals surface area contributed by atoms with Crippen LogP contribution in [-0.4, -0.2) is 36.6 Å². The van der Waals surface area contributed by atoms with Crippen LogP contribution >= 0.6 is 0 Å². The molecule has 2 aromatic carbocycles. The van der Waals surface area contributed by atoms with Gasteiger partial charge in [-0.05, 0) is 50.2 Å². The molecule has 0 spiro atoms. The maximum Gasteiger partial charge on any atom is 0.268 e. The van der Waals surface area contributed by atoms with Crippen molar-refractivity contribution in [2.45, 2.75) is 20.4 Å². The highest BCUT2D eigenvalue weighted by molar-refractivity contribution is 6.06. The van der Waals surface area contributed by atoms with Crippen molar-refractivity contribution in [3.05, 3.63) is 65.4 Å². The van der Waals surface area contributed by atoms with E-state index < -0.39 is 0 Å². The number of ether oxygens (including phenoxy) is 1. The number of aryl methyl sites for hydroxylation is 2. The molecule has 3 aromatic rings. The zero-order chi connectivity index (χ0) is 20.1. The molecular formula is C22H25N3O3. The SMILES string of the molecule is CCn1c(C(=O)NCCOC)cc2cc(NC(=O)c3ccc(C)cc3)ccc21. The molecule has 1 aromatic heterocycles. The van der Waals surface area contributed by atoms with Gasteiger partial charge in [0.15, 0.2) is 0 Å². The normalized spacial score (nSPS) is 10.8. The lowest BCUT2D eigenvalue weighted by Gasteiger charge is -2.09. The van der Waals surface area contributed by atoms with E-state index in [0.717, 1.165) is 16.5 Å². The molecule has 0 unspecified atom stereocenters. The Kier molecular flexibility index (Phi) is 6.11. The Balaban J connectivity index is 1.83. The Bertz CT molecular complexity index is 990. The van der Waals surface area contributed by atoms with Crippen molar-refractivity contribution in [3.8, 4) is 0 Å². The molecule has 0 atom stereocenters. The third kappa shape index (κ3) is 4.23. The highest BCUT2D eigenvalue weighted by Crippen LogP contribution is 2.24. The van der Waals surface area contributed by atoms with Crippen molar-refractivity contribution >= 4 is 28.4 Å². The molecule has 0 saturated carbocycles. The lowest BCUT2D eigenvalue weighted by Crippen LogP contribution is -2.28. The lowest BCUT2D eigenvalue weighted by molar-refractivity contribution is 0.0928. The van der Waals surface area contributed by atoms with Crippen molar-refractivity contribution in [1.29, 1.82) is 0 Å². The van der Waals surface area contributed by atoms with Crippen LogP contribution in [0.15, 0.2) is 48.5 Å². The van der Waals surface area contributed by atoms with Crippen molar-refractivity contribution in [3.63, 3.8) is 0 Å². The summed E-state index contributed by atoms with van der Waals surface area (Å²) in [4.78, 5) is 24.9. The summed E-state index contributed by atoms with van der Waals surface area (Å²) < 4.78 is 6.94. The molecule has 28 heavy (non-hydrogen) atoms. The molecule has 0 aliphatic carbocycles. The maximum absolute atomic E-state index is 12.5. The van der Waals surface area contributed by atoms with Gasteiger partial charge in [0.25, 0.3) is 11.8 Å². The average molecular weight is 379 g/mol. The van der Waals surface area contributed by atoms with Gasteiger partial charge in [-0.25, -0.2) is 0 Å². The van der Waals surface area contributed by atoms with E-state index in [1.165, 1.54) is 0 Å². The average Bonchev–Trinajstić information content (AvgIpc) is 3.06. The molecule has 2 N–H and O–H groups in total. The molecule has 0 aliphatic heterocycles. The topological polar surface area (TPSA) is 72.4 Å². The molecule has 1 heterocycles. The summed E-state index contributed by atoms with van der Waals surface area (Å²) in [6.07, 6.45) is 0. The molecule has 2 amide bonds. The largest absolute Gasteiger partial charge is 0.383 e. The van der Waals surface area contributed by atoms with Gasteiger partial charge in [-0.15, -0.1) is 0 Å². The number of hydrogen-bond donors (Lipinski definition) is 2. The Hall–Kier alpha value is -3.12. The summed E-state index contributed by atoms with van der Waals surface area (Å²) >= 11 is 0. The van der Waals surface area contributed by atoms with Crippen LogP contribution in [0.3, 0.4) is 0 Å². The molecule has 6 nitrogen and oxygen atoms in total. The molecule has 6 heteroatoms. The Labute approximate surface area is 164 Å². The van der Waals surface area contributed by atoms with E-state index in [0.29, 0.717) is 36.6 Å². The van der Waals surface area contributed by atoms with Crippen LogP contribution < -0.4 is 10.6 Å². The third-order valence-corrected chi connectivity index (χ3v) is 4.61. The van der Waals surface area contributed by atoms with Gasteiger partial charge in [0, 0.05) is 42.4 Å². The van der Waals surface area contributed by atoms with E-state index in [2.05, 4.69) is 10.6 Å². The molecule has 3 rings (SSSR count). The fourth-order valence-electron chi connectivity index (χ4n) is 3.14. The van der Waals surface area contributed by atoms with Crippen molar-refractivity contribution in [1.82, 2.24) is 9.88 Å². The molecule has 0 radical (unpaired) electrons. The summed E-state index contributed by atoms with van der Waals surface area (Å²) in [6, 6.07) is 14.9. The van der Waals surface area contributed by atoms with Crippen molar-refractivity contribution < 1.29 is 14.3 Å². The van der Waals surface area contributed by atoms with Crippen molar-refractivity contribution in [2.75, 3.05) is 25.6 Å². The summed E-state index contributed by atoms with van der Waals surface area (Å²) in [5, 5.41) is 6.68. The van der Waals surface area contributed by atoms with Crippen LogP contribution in [0.5, 0.6) is 0 Å². The second kappa shape index (κ2) is 8.71. The number of anilines is 1. The van der Waals surface area contributed by atoms with Gasteiger partial charge >= 0.3 is 0 Å². The smallest absolute Gasteiger partial charge is 0.268 e. The molecule has 0 saturated heterocycles. The van der Waals surface area contributed by atoms with Crippen LogP contribution in [0.25, 0.3) is 10.9 Å². The fraction of sp³-hybridized carbons (Fsp3) is 0.273. The van der Waals surface area contributed by atoms with Crippen LogP contribution in [0.2, 0.25) is 0 Å². The summed E-state index contributed by atoms with van der Waals surface area (Å²) in [6.45, 7) is 5.58. The number of aromatic nitrogens is 1. The monoisotopic (exact) mass is 379 g/mol. The third-order valence-electron chi connectivity index (χ3n) is 4.61. The number of fused-ring (bicyclic) bond motifs is 1. The minimum absolute atomic E-state index is 0.139. The number of nitrogens with one attached hydrogen (secondary N) is 2. The van der Waals surface area contributed by atoms with E-state index in [4.69, 9.17) is 4.74 Å². The molecule has 0 fully saturated rings. The highest BCUT2D eigenvalue weighted by Gasteiger charge is 2.15. The van der Waals surface area contributed by atoms with Crippen LogP contribution in [-0.2, 0) is 11.3 Å². The number of amides is 2. The number of carbonyl (C=O) groups is 2. The lowest BCUT2D eigenvalue weighted by atomic mass is 10.1. The second-order valence-electron chi connectivity index (χ2n) is 6.62. The summed E-state index contributed by atoms with van der Waals surface area (Å²) in [7, 11) is 1.60. The van der Waals surface area contributed by atoms with E-state index in [-0.39, 0.29) is 11.8 Å². The zero-order valence-corrected chi connectivity index (χ0v) is 16.4. The van der Waals surface area contributed by atoms with Crippen LogP contribution in [0.4, 0.5) is 5.69 Å². The first kappa shape index (κ1) is 19.6. The Morgan fingerprint density at radius 1 is 1.04 bits per heavy atom. The molecular weight excluding hydrogens is 354 g/mol. The highest BCUT2D eigenvalue weighted by atomic mass is 16.5. The first-order valence-corrected chi connectivity index (χ1v) is 9.32. The number of carbonyl (C=O) groups excluding carboxylic acids is 2. The Morgan fingerprint density at radius 2 is 1.79 bits per heavy atom. The zero-order valence-electron chi connectivity index (χ0n) is 16.4. The Morgan fingerprint density at radius 3 is 2.46 bits per heavy atom. The minimum atomic E-state index is -0.160. The quantitative estimate of drug-likeness (QED) is 0.616. The van der Waals surface area contributed by atoms with Gasteiger partial charge in [0.05, 0.1) is 6.61 Å². The number of hydrogen-bond acceptors (Lipinski definition) is 3. The number of rotatable bonds is 7. The first-order valence-electron chi connectivity index (χ1n) is 9.32. The summed E-state index contributed by atoms with van der Waals surface area (Å²) in [5.41, 5.74) is 3.95. The van der Waals surface area contributed by atoms with E-state index in [1.54, 1.807) is 19.2 Å². The molecule has 0 aliphatic rings. The summed E-state index contributed by atoms with van der Waals surface area (Å²) in [5.74, 6) is -0.299. The number of nitrogens with zero attached hydrogens (tertiary/aromatic N) is 1. The first-order chi connectivity index (χ1) is 13.5. The number of methoxy groups -OCH3 is 1. The second-order valence-corrected chi connectivity index (χ2v) is 6.62. The maximum atomic E-state index is 12.5. The predicted octanol–water partition coefficient (Wildman–Crippen LogP) is 3.60. The molecule has 146 valence electrons. The standard InChI is InChI=1S/C22H25N3O3/c1-4-25-19-10-9-18(24-21(26)16-7-5-15(2)6-8-16)13-17(19)14-20(25)22(27)23-11-12-28-3/h5-10,13-14H,4,11-12H2,1-3H3,(H,23,27)(H,24,26). The van der Waals surface area contributed by atoms with Gasteiger partial charge in [-0.2, -0.15) is 0 Å².